The number of carbonyl (C=O) groups excluding carboxylic acids is 4. The third-order valence-electron chi connectivity index (χ3n) is 19.1. The summed E-state index contributed by atoms with van der Waals surface area (Å²) in [6.45, 7) is 11.9. The van der Waals surface area contributed by atoms with Gasteiger partial charge in [-0.25, -0.2) is 9.13 Å². The Bertz CT molecular complexity index is 1910. The van der Waals surface area contributed by atoms with Crippen molar-refractivity contribution in [2.24, 2.45) is 17.8 Å². The minimum absolute atomic E-state index is 0.105. The van der Waals surface area contributed by atoms with E-state index in [0.717, 1.165) is 108 Å². The first-order valence-electron chi connectivity index (χ1n) is 40.9. The van der Waals surface area contributed by atoms with Crippen LogP contribution in [0.4, 0.5) is 0 Å². The predicted octanol–water partition coefficient (Wildman–Crippen LogP) is 23.4. The normalized spacial score (nSPS) is 14.6. The van der Waals surface area contributed by atoms with Gasteiger partial charge in [0.2, 0.25) is 0 Å². The fourth-order valence-corrected chi connectivity index (χ4v) is 13.6. The number of aliphatic hydroxyl groups excluding tert-OH is 1. The van der Waals surface area contributed by atoms with E-state index in [1.165, 1.54) is 218 Å². The van der Waals surface area contributed by atoms with Gasteiger partial charge < -0.3 is 33.8 Å². The van der Waals surface area contributed by atoms with Crippen LogP contribution in [0.3, 0.4) is 0 Å². The molecule has 0 aliphatic carbocycles. The topological polar surface area (TPSA) is 237 Å². The lowest BCUT2D eigenvalue weighted by Crippen LogP contribution is -2.30. The van der Waals surface area contributed by atoms with Crippen LogP contribution in [-0.4, -0.2) is 96.7 Å². The second-order valence-electron chi connectivity index (χ2n) is 29.4. The molecule has 0 aliphatic rings. The first-order valence-corrected chi connectivity index (χ1v) is 43.9. The smallest absolute Gasteiger partial charge is 0.462 e. The van der Waals surface area contributed by atoms with Gasteiger partial charge in [0, 0.05) is 25.7 Å². The Morgan fingerprint density at radius 2 is 0.520 bits per heavy atom. The molecule has 0 aromatic carbocycles. The molecular formula is C79H154O17P2. The number of ether oxygens (including phenoxy) is 4. The van der Waals surface area contributed by atoms with Gasteiger partial charge in [0.05, 0.1) is 26.4 Å². The Morgan fingerprint density at radius 1 is 0.296 bits per heavy atom. The van der Waals surface area contributed by atoms with Crippen LogP contribution in [0.25, 0.3) is 0 Å². The van der Waals surface area contributed by atoms with Crippen molar-refractivity contribution >= 4 is 39.5 Å². The largest absolute Gasteiger partial charge is 0.472 e. The quantitative estimate of drug-likeness (QED) is 0.0222. The summed E-state index contributed by atoms with van der Waals surface area (Å²) in [6, 6.07) is 0. The van der Waals surface area contributed by atoms with E-state index >= 15 is 0 Å². The van der Waals surface area contributed by atoms with Crippen molar-refractivity contribution in [1.82, 2.24) is 0 Å². The highest BCUT2D eigenvalue weighted by molar-refractivity contribution is 7.47. The first-order chi connectivity index (χ1) is 47.3. The van der Waals surface area contributed by atoms with Crippen LogP contribution in [0.2, 0.25) is 0 Å². The van der Waals surface area contributed by atoms with Crippen LogP contribution < -0.4 is 0 Å². The lowest BCUT2D eigenvalue weighted by atomic mass is 9.99. The van der Waals surface area contributed by atoms with Crippen molar-refractivity contribution in [1.29, 1.82) is 0 Å². The molecule has 0 spiro atoms. The Hall–Kier alpha value is -1.94. The first kappa shape index (κ1) is 96.1. The van der Waals surface area contributed by atoms with E-state index in [1.54, 1.807) is 0 Å². The zero-order valence-corrected chi connectivity index (χ0v) is 66.0. The molecule has 0 rings (SSSR count). The van der Waals surface area contributed by atoms with Crippen molar-refractivity contribution < 1.29 is 80.2 Å². The SMILES string of the molecule is CCCCCCCCCCCCCCCCCCCCCC(=O)O[C@H](COC(=O)CCCCCCCCCCCCCCC(C)C)COP(=O)(O)OC[C@@H](O)COP(=O)(O)OC[C@@H](COC(=O)CCCCCCCCCCC(C)CC)OC(=O)CCCCCCCCCCC(C)CC. The van der Waals surface area contributed by atoms with Gasteiger partial charge in [-0.1, -0.05) is 357 Å². The van der Waals surface area contributed by atoms with Gasteiger partial charge in [0.25, 0.3) is 0 Å². The lowest BCUT2D eigenvalue weighted by Gasteiger charge is -2.21. The summed E-state index contributed by atoms with van der Waals surface area (Å²) >= 11 is 0. The van der Waals surface area contributed by atoms with E-state index in [0.29, 0.717) is 25.7 Å². The number of phosphoric acid groups is 2. The fourth-order valence-electron chi connectivity index (χ4n) is 12.1. The number of hydrogen-bond acceptors (Lipinski definition) is 15. The highest BCUT2D eigenvalue weighted by atomic mass is 31.2. The summed E-state index contributed by atoms with van der Waals surface area (Å²) in [7, 11) is -9.92. The van der Waals surface area contributed by atoms with Crippen LogP contribution in [0.15, 0.2) is 0 Å². The number of hydrogen-bond donors (Lipinski definition) is 3. The Morgan fingerprint density at radius 3 is 0.776 bits per heavy atom. The fraction of sp³-hybridized carbons (Fsp3) is 0.949. The number of rotatable bonds is 77. The summed E-state index contributed by atoms with van der Waals surface area (Å²) < 4.78 is 68.7. The highest BCUT2D eigenvalue weighted by Crippen LogP contribution is 2.45. The molecule has 0 saturated carbocycles. The molecule has 0 aliphatic heterocycles. The molecule has 0 heterocycles. The Kier molecular flexibility index (Phi) is 68.1. The van der Waals surface area contributed by atoms with Gasteiger partial charge in [-0.2, -0.15) is 0 Å². The third-order valence-corrected chi connectivity index (χ3v) is 21.0. The molecule has 7 atom stereocenters. The minimum atomic E-state index is -4.96. The second kappa shape index (κ2) is 69.4. The van der Waals surface area contributed by atoms with Gasteiger partial charge in [0.15, 0.2) is 12.2 Å². The monoisotopic (exact) mass is 1440 g/mol. The molecule has 582 valence electrons. The van der Waals surface area contributed by atoms with E-state index in [-0.39, 0.29) is 25.7 Å². The number of aliphatic hydroxyl groups is 1. The minimum Gasteiger partial charge on any atom is -0.462 e. The molecule has 19 heteroatoms. The summed E-state index contributed by atoms with van der Waals surface area (Å²) in [6.07, 6.45) is 56.8. The van der Waals surface area contributed by atoms with Crippen LogP contribution in [-0.2, 0) is 65.4 Å². The van der Waals surface area contributed by atoms with Crippen molar-refractivity contribution in [3.8, 4) is 0 Å². The number of unbranched alkanes of at least 4 members (excludes halogenated alkanes) is 43. The van der Waals surface area contributed by atoms with Gasteiger partial charge in [-0.3, -0.25) is 37.3 Å². The van der Waals surface area contributed by atoms with Crippen molar-refractivity contribution in [3.63, 3.8) is 0 Å². The lowest BCUT2D eigenvalue weighted by molar-refractivity contribution is -0.161. The zero-order chi connectivity index (χ0) is 72.3. The number of carbonyl (C=O) groups is 4. The Labute approximate surface area is 600 Å². The molecule has 0 aromatic heterocycles. The maximum atomic E-state index is 13.1. The average molecular weight is 1440 g/mol. The second-order valence-corrected chi connectivity index (χ2v) is 32.3. The van der Waals surface area contributed by atoms with Crippen molar-refractivity contribution in [3.05, 3.63) is 0 Å². The molecule has 0 saturated heterocycles. The molecular weight excluding hydrogens is 1280 g/mol. The van der Waals surface area contributed by atoms with Gasteiger partial charge in [0.1, 0.15) is 19.3 Å². The molecule has 0 fully saturated rings. The predicted molar refractivity (Wildman–Crippen MR) is 400 cm³/mol. The summed E-state index contributed by atoms with van der Waals surface area (Å²) in [5.41, 5.74) is 0. The van der Waals surface area contributed by atoms with E-state index < -0.39 is 97.5 Å². The summed E-state index contributed by atoms with van der Waals surface area (Å²) in [4.78, 5) is 73.0. The van der Waals surface area contributed by atoms with E-state index in [9.17, 15) is 43.2 Å². The maximum Gasteiger partial charge on any atom is 0.472 e. The van der Waals surface area contributed by atoms with E-state index in [4.69, 9.17) is 37.0 Å². The van der Waals surface area contributed by atoms with Crippen molar-refractivity contribution in [2.45, 2.75) is 426 Å². The van der Waals surface area contributed by atoms with E-state index in [2.05, 4.69) is 48.5 Å². The van der Waals surface area contributed by atoms with Crippen LogP contribution in [0.1, 0.15) is 408 Å². The molecule has 0 aromatic rings. The average Bonchev–Trinajstić information content (AvgIpc) is 0.937. The van der Waals surface area contributed by atoms with E-state index in [1.807, 2.05) is 0 Å². The van der Waals surface area contributed by atoms with Crippen molar-refractivity contribution in [2.75, 3.05) is 39.6 Å². The summed E-state index contributed by atoms with van der Waals surface area (Å²) in [5.74, 6) is 0.214. The van der Waals surface area contributed by atoms with Crippen LogP contribution in [0.5, 0.6) is 0 Å². The highest BCUT2D eigenvalue weighted by Gasteiger charge is 2.30. The maximum absolute atomic E-state index is 13.1. The molecule has 4 unspecified atom stereocenters. The van der Waals surface area contributed by atoms with Gasteiger partial charge in [-0.05, 0) is 43.4 Å². The molecule has 0 radical (unpaired) electrons. The third kappa shape index (κ3) is 69.8. The Balaban J connectivity index is 5.26. The summed E-state index contributed by atoms with van der Waals surface area (Å²) in [5, 5.41) is 10.6. The van der Waals surface area contributed by atoms with Gasteiger partial charge >= 0.3 is 39.5 Å². The van der Waals surface area contributed by atoms with Crippen LogP contribution >= 0.6 is 15.6 Å². The molecule has 0 bridgehead atoms. The molecule has 0 amide bonds. The van der Waals surface area contributed by atoms with Gasteiger partial charge in [-0.15, -0.1) is 0 Å². The molecule has 98 heavy (non-hydrogen) atoms. The standard InChI is InChI=1S/C79H154O17P2/c1-8-11-12-13-14-15-16-17-18-19-20-21-22-23-28-31-41-48-55-62-78(83)95-74(66-89-76(81)60-53-46-39-30-27-25-24-26-29-36-43-50-57-70(4)5)68-93-97(85,86)91-64-73(80)65-92-98(87,88)94-69-75(96-79(84)63-56-49-42-35-33-38-45-52-59-72(7)10-3)67-90-77(82)61-54-47-40-34-32-37-44-51-58-71(6)9-2/h70-75,80H,8-69H2,1-7H3,(H,85,86)(H,87,88)/t71?,72?,73-,74-,75-/m1/s1. The van der Waals surface area contributed by atoms with Crippen LogP contribution in [0, 0.1) is 17.8 Å². The zero-order valence-electron chi connectivity index (χ0n) is 64.3. The molecule has 17 nitrogen and oxygen atoms in total. The molecule has 3 N–H and O–H groups in total. The number of esters is 4. The number of phosphoric ester groups is 2.